The van der Waals surface area contributed by atoms with Gasteiger partial charge in [0.2, 0.25) is 0 Å². The fourth-order valence-corrected chi connectivity index (χ4v) is 1.60. The molecule has 1 heterocycles. The van der Waals surface area contributed by atoms with Crippen molar-refractivity contribution in [2.45, 2.75) is 13.3 Å². The Balaban J connectivity index is 2.72. The highest BCUT2D eigenvalue weighted by Crippen LogP contribution is 2.06. The van der Waals surface area contributed by atoms with Crippen LogP contribution < -0.4 is 0 Å². The van der Waals surface area contributed by atoms with Crippen molar-refractivity contribution in [1.82, 2.24) is 20.0 Å². The van der Waals surface area contributed by atoms with Gasteiger partial charge in [-0.1, -0.05) is 18.5 Å². The number of likely N-dealkylation sites (N-methyl/N-ethyl adjacent to an activating group) is 1. The van der Waals surface area contributed by atoms with E-state index in [4.69, 9.17) is 11.6 Å². The largest absolute Gasteiger partial charge is 0.336 e. The third-order valence-electron chi connectivity index (χ3n) is 2.45. The molecule has 0 aliphatic heterocycles. The van der Waals surface area contributed by atoms with Crippen molar-refractivity contribution < 1.29 is 4.79 Å². The molecular weight excluding hydrogens is 252 g/mol. The summed E-state index contributed by atoms with van der Waals surface area (Å²) in [6.45, 7) is 4.27. The summed E-state index contributed by atoms with van der Waals surface area (Å²) in [5.74, 6) is -0.0946. The van der Waals surface area contributed by atoms with Gasteiger partial charge in [0.25, 0.3) is 5.91 Å². The summed E-state index contributed by atoms with van der Waals surface area (Å²) in [5.41, 5.74) is 0.339. The fourth-order valence-electron chi connectivity index (χ4n) is 1.50. The first-order valence-corrected chi connectivity index (χ1v) is 6.35. The van der Waals surface area contributed by atoms with Crippen molar-refractivity contribution in [1.29, 1.82) is 0 Å². The summed E-state index contributed by atoms with van der Waals surface area (Å²) in [4.78, 5) is 16.1. The van der Waals surface area contributed by atoms with Crippen LogP contribution in [-0.2, 0) is 0 Å². The summed E-state index contributed by atoms with van der Waals surface area (Å²) in [5, 5.41) is 7.81. The van der Waals surface area contributed by atoms with Crippen molar-refractivity contribution in [2.24, 2.45) is 0 Å². The molecule has 0 N–H and O–H groups in total. The van der Waals surface area contributed by atoms with Crippen LogP contribution in [0.3, 0.4) is 0 Å². The van der Waals surface area contributed by atoms with E-state index in [1.807, 2.05) is 25.9 Å². The molecule has 6 heteroatoms. The topological polar surface area (TPSA) is 49.3 Å². The maximum atomic E-state index is 12.2. The molecular formula is C12H19ClN4O. The van der Waals surface area contributed by atoms with Crippen LogP contribution in [0.4, 0.5) is 0 Å². The van der Waals surface area contributed by atoms with Crippen LogP contribution in [0.5, 0.6) is 0 Å². The van der Waals surface area contributed by atoms with E-state index >= 15 is 0 Å². The van der Waals surface area contributed by atoms with Crippen molar-refractivity contribution >= 4 is 17.5 Å². The van der Waals surface area contributed by atoms with Crippen molar-refractivity contribution in [3.05, 3.63) is 23.0 Å². The standard InChI is InChI=1S/C12H19ClN4O/c1-4-7-17(9-8-16(2)3)12(18)10-5-6-11(13)15-14-10/h5-6H,4,7-9H2,1-3H3. The van der Waals surface area contributed by atoms with Gasteiger partial charge in [0.1, 0.15) is 0 Å². The minimum Gasteiger partial charge on any atom is -0.336 e. The summed E-state index contributed by atoms with van der Waals surface area (Å²) < 4.78 is 0. The van der Waals surface area contributed by atoms with Gasteiger partial charge in [-0.2, -0.15) is 0 Å². The number of aromatic nitrogens is 2. The Morgan fingerprint density at radius 3 is 2.44 bits per heavy atom. The first-order chi connectivity index (χ1) is 8.54. The SMILES string of the molecule is CCCN(CCN(C)C)C(=O)c1ccc(Cl)nn1. The second-order valence-corrected chi connectivity index (χ2v) is 4.72. The van der Waals surface area contributed by atoms with Gasteiger partial charge >= 0.3 is 0 Å². The van der Waals surface area contributed by atoms with Crippen LogP contribution in [0.15, 0.2) is 12.1 Å². The van der Waals surface area contributed by atoms with Crippen LogP contribution in [0.25, 0.3) is 0 Å². The van der Waals surface area contributed by atoms with E-state index < -0.39 is 0 Å². The molecule has 1 amide bonds. The Morgan fingerprint density at radius 2 is 1.94 bits per heavy atom. The number of halogens is 1. The minimum atomic E-state index is -0.0946. The van der Waals surface area contributed by atoms with Gasteiger partial charge in [0, 0.05) is 19.6 Å². The lowest BCUT2D eigenvalue weighted by Crippen LogP contribution is -2.37. The molecule has 1 aromatic heterocycles. The van der Waals surface area contributed by atoms with Gasteiger partial charge in [-0.25, -0.2) is 0 Å². The average molecular weight is 271 g/mol. The molecule has 5 nitrogen and oxygen atoms in total. The number of carbonyl (C=O) groups is 1. The second kappa shape index (κ2) is 7.28. The monoisotopic (exact) mass is 270 g/mol. The third-order valence-corrected chi connectivity index (χ3v) is 2.65. The third kappa shape index (κ3) is 4.58. The Morgan fingerprint density at radius 1 is 1.22 bits per heavy atom. The van der Waals surface area contributed by atoms with Gasteiger partial charge in [0.05, 0.1) is 0 Å². The highest BCUT2D eigenvalue weighted by atomic mass is 35.5. The maximum absolute atomic E-state index is 12.2. The van der Waals surface area contributed by atoms with E-state index in [-0.39, 0.29) is 5.91 Å². The molecule has 100 valence electrons. The lowest BCUT2D eigenvalue weighted by molar-refractivity contribution is 0.0738. The molecule has 0 radical (unpaired) electrons. The molecule has 1 rings (SSSR count). The predicted octanol–water partition coefficient (Wildman–Crippen LogP) is 1.54. The number of nitrogens with zero attached hydrogens (tertiary/aromatic N) is 4. The summed E-state index contributed by atoms with van der Waals surface area (Å²) in [6.07, 6.45) is 0.917. The molecule has 18 heavy (non-hydrogen) atoms. The number of amides is 1. The second-order valence-electron chi connectivity index (χ2n) is 4.34. The lowest BCUT2D eigenvalue weighted by Gasteiger charge is -2.23. The summed E-state index contributed by atoms with van der Waals surface area (Å²) in [6, 6.07) is 3.19. The summed E-state index contributed by atoms with van der Waals surface area (Å²) in [7, 11) is 3.97. The van der Waals surface area contributed by atoms with E-state index in [1.54, 1.807) is 17.0 Å². The van der Waals surface area contributed by atoms with Crippen molar-refractivity contribution in [3.63, 3.8) is 0 Å². The smallest absolute Gasteiger partial charge is 0.274 e. The zero-order valence-corrected chi connectivity index (χ0v) is 11.8. The van der Waals surface area contributed by atoms with E-state index in [1.165, 1.54) is 0 Å². The highest BCUT2D eigenvalue weighted by molar-refractivity contribution is 6.29. The van der Waals surface area contributed by atoms with E-state index in [0.29, 0.717) is 17.4 Å². The van der Waals surface area contributed by atoms with Gasteiger partial charge in [-0.15, -0.1) is 10.2 Å². The molecule has 1 aromatic rings. The molecule has 0 bridgehead atoms. The molecule has 0 unspecified atom stereocenters. The summed E-state index contributed by atoms with van der Waals surface area (Å²) >= 11 is 5.65. The Hall–Kier alpha value is -1.20. The van der Waals surface area contributed by atoms with Crippen LogP contribution in [0, 0.1) is 0 Å². The molecule has 0 aromatic carbocycles. The first kappa shape index (κ1) is 14.9. The van der Waals surface area contributed by atoms with Crippen molar-refractivity contribution in [3.8, 4) is 0 Å². The van der Waals surface area contributed by atoms with Crippen LogP contribution in [0.1, 0.15) is 23.8 Å². The molecule has 0 aliphatic carbocycles. The average Bonchev–Trinajstić information content (AvgIpc) is 2.34. The van der Waals surface area contributed by atoms with Gasteiger partial charge in [-0.05, 0) is 32.6 Å². The van der Waals surface area contributed by atoms with Crippen LogP contribution >= 0.6 is 11.6 Å². The molecule has 0 saturated heterocycles. The van der Waals surface area contributed by atoms with Crippen molar-refractivity contribution in [2.75, 3.05) is 33.7 Å². The highest BCUT2D eigenvalue weighted by Gasteiger charge is 2.16. The maximum Gasteiger partial charge on any atom is 0.274 e. The normalized spacial score (nSPS) is 10.7. The van der Waals surface area contributed by atoms with Gasteiger partial charge in [0.15, 0.2) is 10.8 Å². The quantitative estimate of drug-likeness (QED) is 0.787. The van der Waals surface area contributed by atoms with Crippen LogP contribution in [-0.4, -0.2) is 59.6 Å². The lowest BCUT2D eigenvalue weighted by atomic mass is 10.3. The number of rotatable bonds is 6. The van der Waals surface area contributed by atoms with E-state index in [9.17, 15) is 4.79 Å². The molecule has 0 atom stereocenters. The Kier molecular flexibility index (Phi) is 6.01. The predicted molar refractivity (Wildman–Crippen MR) is 71.8 cm³/mol. The molecule has 0 saturated carbocycles. The number of carbonyl (C=O) groups excluding carboxylic acids is 1. The number of hydrogen-bond donors (Lipinski definition) is 0. The van der Waals surface area contributed by atoms with E-state index in [2.05, 4.69) is 10.2 Å². The van der Waals surface area contributed by atoms with E-state index in [0.717, 1.165) is 19.5 Å². The first-order valence-electron chi connectivity index (χ1n) is 5.97. The molecule has 0 spiro atoms. The zero-order valence-electron chi connectivity index (χ0n) is 11.1. The molecule has 0 fully saturated rings. The molecule has 0 aliphatic rings. The number of hydrogen-bond acceptors (Lipinski definition) is 4. The van der Waals surface area contributed by atoms with Gasteiger partial charge < -0.3 is 9.80 Å². The Bertz CT molecular complexity index is 380. The van der Waals surface area contributed by atoms with Crippen LogP contribution in [0.2, 0.25) is 5.15 Å². The zero-order chi connectivity index (χ0) is 13.5. The minimum absolute atomic E-state index is 0.0946. The Labute approximate surface area is 113 Å². The fraction of sp³-hybridized carbons (Fsp3) is 0.583. The van der Waals surface area contributed by atoms with Gasteiger partial charge in [-0.3, -0.25) is 4.79 Å².